The molecule has 0 bridgehead atoms. The molecule has 4 atom stereocenters. The third kappa shape index (κ3) is 11.6. The minimum atomic E-state index is -1.58. The van der Waals surface area contributed by atoms with Gasteiger partial charge >= 0.3 is 11.9 Å². The Hall–Kier alpha value is -4.70. The van der Waals surface area contributed by atoms with E-state index in [0.29, 0.717) is 31.4 Å². The van der Waals surface area contributed by atoms with Crippen molar-refractivity contribution in [2.45, 2.75) is 69.1 Å². The number of carboxylic acids is 2. The number of hydrogen-bond donors (Lipinski definition) is 10. The number of hydrogen-bond acceptors (Lipinski definition) is 8. The first-order chi connectivity index (χ1) is 20.4. The fraction of sp³-hybridized carbons (Fsp3) is 0.481. The van der Waals surface area contributed by atoms with E-state index >= 15 is 0 Å². The Kier molecular flexibility index (Phi) is 13.9. The molecule has 0 fully saturated rings. The maximum absolute atomic E-state index is 13.4. The summed E-state index contributed by atoms with van der Waals surface area (Å²) < 4.78 is 0. The highest BCUT2D eigenvalue weighted by molar-refractivity contribution is 5.96. The van der Waals surface area contributed by atoms with Crippen LogP contribution in [0.5, 0.6) is 0 Å². The Bertz CT molecular complexity index is 1290. The van der Waals surface area contributed by atoms with Gasteiger partial charge < -0.3 is 54.1 Å². The van der Waals surface area contributed by atoms with E-state index in [1.165, 1.54) is 0 Å². The van der Waals surface area contributed by atoms with Gasteiger partial charge in [0.05, 0.1) is 12.5 Å². The number of aromatic amines is 1. The first-order valence-corrected chi connectivity index (χ1v) is 13.8. The van der Waals surface area contributed by atoms with Crippen LogP contribution >= 0.6 is 0 Å². The zero-order chi connectivity index (χ0) is 31.9. The molecule has 1 heterocycles. The Morgan fingerprint density at radius 3 is 2.16 bits per heavy atom. The zero-order valence-corrected chi connectivity index (χ0v) is 23.8. The van der Waals surface area contributed by atoms with Crippen LogP contribution in [-0.2, 0) is 30.4 Å². The van der Waals surface area contributed by atoms with Gasteiger partial charge in [-0.2, -0.15) is 0 Å². The van der Waals surface area contributed by atoms with Crippen LogP contribution in [0.1, 0.15) is 44.1 Å². The molecule has 2 rings (SSSR count). The van der Waals surface area contributed by atoms with Crippen LogP contribution in [0.2, 0.25) is 0 Å². The number of guanidine groups is 1. The summed E-state index contributed by atoms with van der Waals surface area (Å²) in [5.41, 5.74) is 23.4. The molecule has 3 amide bonds. The number of H-pyrrole nitrogens is 1. The Morgan fingerprint density at radius 1 is 0.860 bits per heavy atom. The number of amides is 3. The number of fused-ring (bicyclic) bond motifs is 1. The second kappa shape index (κ2) is 17.3. The number of para-hydroxylation sites is 1. The number of rotatable bonds is 19. The fourth-order valence-electron chi connectivity index (χ4n) is 4.34. The van der Waals surface area contributed by atoms with Gasteiger partial charge in [-0.05, 0) is 50.3 Å². The van der Waals surface area contributed by atoms with E-state index in [0.717, 1.165) is 10.9 Å². The molecular weight excluding hydrogens is 562 g/mol. The van der Waals surface area contributed by atoms with Gasteiger partial charge in [0.1, 0.15) is 18.1 Å². The topological polar surface area (TPSA) is 294 Å². The van der Waals surface area contributed by atoms with Crippen LogP contribution in [0.25, 0.3) is 10.9 Å². The van der Waals surface area contributed by atoms with Crippen molar-refractivity contribution in [3.05, 3.63) is 36.0 Å². The number of carbonyl (C=O) groups excluding carboxylic acids is 3. The molecule has 14 N–H and O–H groups in total. The molecule has 0 saturated heterocycles. The number of nitrogens with two attached hydrogens (primary N) is 4. The lowest BCUT2D eigenvalue weighted by atomic mass is 10.0. The number of aliphatic imine (C=N–C) groups is 1. The number of carbonyl (C=O) groups is 5. The lowest BCUT2D eigenvalue weighted by Crippen LogP contribution is -2.58. The van der Waals surface area contributed by atoms with Crippen LogP contribution in [0.4, 0.5) is 0 Å². The molecule has 0 aliphatic rings. The van der Waals surface area contributed by atoms with E-state index < -0.39 is 60.2 Å². The van der Waals surface area contributed by atoms with Gasteiger partial charge in [-0.1, -0.05) is 18.2 Å². The quantitative estimate of drug-likeness (QED) is 0.0487. The number of nitrogens with one attached hydrogen (secondary N) is 4. The Morgan fingerprint density at radius 2 is 1.51 bits per heavy atom. The number of aliphatic carboxylic acids is 2. The maximum Gasteiger partial charge on any atom is 0.326 e. The molecule has 0 spiro atoms. The lowest BCUT2D eigenvalue weighted by Gasteiger charge is -2.25. The van der Waals surface area contributed by atoms with Gasteiger partial charge in [-0.15, -0.1) is 0 Å². The van der Waals surface area contributed by atoms with Crippen molar-refractivity contribution in [1.82, 2.24) is 20.9 Å². The van der Waals surface area contributed by atoms with E-state index in [2.05, 4.69) is 25.9 Å². The van der Waals surface area contributed by atoms with Gasteiger partial charge in [0, 0.05) is 30.1 Å². The van der Waals surface area contributed by atoms with E-state index in [1.807, 2.05) is 18.2 Å². The van der Waals surface area contributed by atoms with Crippen molar-refractivity contribution in [3.8, 4) is 0 Å². The molecular formula is C27H41N9O7. The molecule has 43 heavy (non-hydrogen) atoms. The van der Waals surface area contributed by atoms with Crippen LogP contribution < -0.4 is 38.9 Å². The number of aromatic nitrogens is 1. The summed E-state index contributed by atoms with van der Waals surface area (Å²) in [5.74, 6) is -5.30. The third-order valence-corrected chi connectivity index (χ3v) is 6.61. The van der Waals surface area contributed by atoms with Crippen molar-refractivity contribution < 1.29 is 34.2 Å². The van der Waals surface area contributed by atoms with Crippen molar-refractivity contribution in [2.24, 2.45) is 27.9 Å². The van der Waals surface area contributed by atoms with E-state index in [4.69, 9.17) is 22.9 Å². The van der Waals surface area contributed by atoms with Crippen molar-refractivity contribution in [3.63, 3.8) is 0 Å². The predicted octanol–water partition coefficient (Wildman–Crippen LogP) is -1.77. The zero-order valence-electron chi connectivity index (χ0n) is 23.8. The van der Waals surface area contributed by atoms with Crippen molar-refractivity contribution >= 4 is 46.5 Å². The highest BCUT2D eigenvalue weighted by Crippen LogP contribution is 2.19. The second-order valence-corrected chi connectivity index (χ2v) is 10.0. The monoisotopic (exact) mass is 603 g/mol. The molecule has 236 valence electrons. The smallest absolute Gasteiger partial charge is 0.326 e. The molecule has 0 aliphatic heterocycles. The molecule has 1 aromatic heterocycles. The van der Waals surface area contributed by atoms with Crippen LogP contribution in [0, 0.1) is 0 Å². The summed E-state index contributed by atoms with van der Waals surface area (Å²) in [4.78, 5) is 69.6. The average Bonchev–Trinajstić information content (AvgIpc) is 3.36. The lowest BCUT2D eigenvalue weighted by molar-refractivity contribution is -0.143. The number of benzene rings is 1. The minimum Gasteiger partial charge on any atom is -0.481 e. The molecule has 0 saturated carbocycles. The standard InChI is InChI=1S/C27H41N9O7/c28-10-4-3-9-19(26(42)43)34-24(40)20(12-15-14-33-18-8-2-1-6-16(15)18)36-25(41)21(13-22(37)38)35-23(39)17(29)7-5-11-32-27(30)31/h1-2,6,8,14,17,19-21,33H,3-5,7,9-13,28-29H2,(H,34,40)(H,35,39)(H,36,41)(H,37,38)(H,42,43)(H4,30,31,32). The first-order valence-electron chi connectivity index (χ1n) is 13.8. The van der Waals surface area contributed by atoms with Gasteiger partial charge in [0.15, 0.2) is 5.96 Å². The summed E-state index contributed by atoms with van der Waals surface area (Å²) in [6.07, 6.45) is 2.43. The highest BCUT2D eigenvalue weighted by Gasteiger charge is 2.32. The summed E-state index contributed by atoms with van der Waals surface area (Å²) in [6.45, 7) is 0.576. The third-order valence-electron chi connectivity index (χ3n) is 6.61. The summed E-state index contributed by atoms with van der Waals surface area (Å²) >= 11 is 0. The van der Waals surface area contributed by atoms with E-state index in [1.54, 1.807) is 12.3 Å². The molecule has 16 nitrogen and oxygen atoms in total. The Labute approximate surface area is 248 Å². The second-order valence-electron chi connectivity index (χ2n) is 10.0. The van der Waals surface area contributed by atoms with Gasteiger partial charge in [-0.25, -0.2) is 4.79 Å². The van der Waals surface area contributed by atoms with Crippen molar-refractivity contribution in [2.75, 3.05) is 13.1 Å². The number of nitrogens with zero attached hydrogens (tertiary/aromatic N) is 1. The van der Waals surface area contributed by atoms with E-state index in [-0.39, 0.29) is 31.8 Å². The molecule has 16 heteroatoms. The van der Waals surface area contributed by atoms with Gasteiger partial charge in [0.25, 0.3) is 0 Å². The molecule has 1 aromatic carbocycles. The normalized spacial score (nSPS) is 13.7. The predicted molar refractivity (Wildman–Crippen MR) is 158 cm³/mol. The molecule has 0 aliphatic carbocycles. The fourth-order valence-corrected chi connectivity index (χ4v) is 4.34. The number of unbranched alkanes of at least 4 members (excludes halogenated alkanes) is 1. The van der Waals surface area contributed by atoms with Gasteiger partial charge in [0.2, 0.25) is 17.7 Å². The Balaban J connectivity index is 2.25. The minimum absolute atomic E-state index is 0.0607. The molecule has 2 aromatic rings. The van der Waals surface area contributed by atoms with Crippen LogP contribution in [0.3, 0.4) is 0 Å². The van der Waals surface area contributed by atoms with Crippen LogP contribution in [-0.4, -0.2) is 88.1 Å². The van der Waals surface area contributed by atoms with Crippen LogP contribution in [0.15, 0.2) is 35.5 Å². The average molecular weight is 604 g/mol. The summed E-state index contributed by atoms with van der Waals surface area (Å²) in [7, 11) is 0. The maximum atomic E-state index is 13.4. The summed E-state index contributed by atoms with van der Waals surface area (Å²) in [6, 6.07) is 2.02. The summed E-state index contributed by atoms with van der Waals surface area (Å²) in [5, 5.41) is 27.1. The van der Waals surface area contributed by atoms with E-state index in [9.17, 15) is 34.2 Å². The number of carboxylic acid groups (broad SMARTS) is 2. The van der Waals surface area contributed by atoms with Gasteiger partial charge in [-0.3, -0.25) is 24.2 Å². The molecule has 4 unspecified atom stereocenters. The molecule has 0 radical (unpaired) electrons. The SMILES string of the molecule is NCCCCC(NC(=O)C(Cc1c[nH]c2ccccc12)NC(=O)C(CC(=O)O)NC(=O)C(N)CCCN=C(N)N)C(=O)O. The first kappa shape index (κ1) is 34.5. The largest absolute Gasteiger partial charge is 0.481 e. The highest BCUT2D eigenvalue weighted by atomic mass is 16.4. The van der Waals surface area contributed by atoms with Crippen molar-refractivity contribution in [1.29, 1.82) is 0 Å².